The van der Waals surface area contributed by atoms with E-state index < -0.39 is 48.0 Å². The molecule has 41 heavy (non-hydrogen) atoms. The van der Waals surface area contributed by atoms with Crippen molar-refractivity contribution in [2.24, 2.45) is 17.6 Å². The van der Waals surface area contributed by atoms with Crippen LogP contribution in [0, 0.1) is 11.8 Å². The summed E-state index contributed by atoms with van der Waals surface area (Å²) in [6, 6.07) is -1.88. The number of nitrogens with one attached hydrogen (secondary N) is 2. The van der Waals surface area contributed by atoms with E-state index in [1.165, 1.54) is 33.1 Å². The molecule has 0 spiro atoms. The number of aliphatic hydroxyl groups excluding tert-OH is 1. The highest BCUT2D eigenvalue weighted by atomic mass is 16.5. The van der Waals surface area contributed by atoms with Crippen LogP contribution in [-0.4, -0.2) is 100 Å². The minimum absolute atomic E-state index is 0.00516. The maximum absolute atomic E-state index is 12.6. The van der Waals surface area contributed by atoms with Crippen LogP contribution in [0.4, 0.5) is 4.79 Å². The van der Waals surface area contributed by atoms with Gasteiger partial charge >= 0.3 is 12.1 Å². The van der Waals surface area contributed by atoms with Crippen molar-refractivity contribution in [3.63, 3.8) is 0 Å². The van der Waals surface area contributed by atoms with Gasteiger partial charge < -0.3 is 30.9 Å². The van der Waals surface area contributed by atoms with Gasteiger partial charge in [-0.25, -0.2) is 14.6 Å². The number of carbonyl (C=O) groups is 6. The van der Waals surface area contributed by atoms with E-state index in [0.29, 0.717) is 19.4 Å². The molecule has 0 aliphatic carbocycles. The number of carbonyl (C=O) groups excluding carboxylic acids is 5. The van der Waals surface area contributed by atoms with Crippen LogP contribution >= 0.6 is 0 Å². The van der Waals surface area contributed by atoms with Crippen molar-refractivity contribution >= 4 is 35.6 Å². The van der Waals surface area contributed by atoms with E-state index in [1.807, 2.05) is 27.7 Å². The number of carboxylic acid groups (broad SMARTS) is 1. The molecule has 234 valence electrons. The highest BCUT2D eigenvalue weighted by Gasteiger charge is 2.38. The highest BCUT2D eigenvalue weighted by molar-refractivity contribution is 5.93. The van der Waals surface area contributed by atoms with Gasteiger partial charge in [-0.05, 0) is 50.5 Å². The number of esters is 1. The SMILES string of the molecule is CC(=O)NN(CCC=CC(=O)C(C)O)C(=O)O.COC(=O)[C@H](CC(C)C)NC(=O)[C@@H]1CCCN1C(=O)[C@@H](N)C(C)C. The Morgan fingerprint density at radius 1 is 1.12 bits per heavy atom. The van der Waals surface area contributed by atoms with Gasteiger partial charge in [0.1, 0.15) is 18.2 Å². The molecule has 0 bridgehead atoms. The van der Waals surface area contributed by atoms with Crippen LogP contribution in [0.5, 0.6) is 0 Å². The van der Waals surface area contributed by atoms with Gasteiger partial charge in [-0.2, -0.15) is 0 Å². The second-order valence-corrected chi connectivity index (χ2v) is 10.5. The van der Waals surface area contributed by atoms with Crippen molar-refractivity contribution in [3.05, 3.63) is 12.2 Å². The second kappa shape index (κ2) is 18.8. The van der Waals surface area contributed by atoms with Gasteiger partial charge in [0.15, 0.2) is 5.78 Å². The van der Waals surface area contributed by atoms with Crippen molar-refractivity contribution in [1.29, 1.82) is 0 Å². The van der Waals surface area contributed by atoms with E-state index in [2.05, 4.69) is 10.7 Å². The summed E-state index contributed by atoms with van der Waals surface area (Å²) < 4.78 is 4.77. The van der Waals surface area contributed by atoms with E-state index in [0.717, 1.165) is 11.4 Å². The van der Waals surface area contributed by atoms with Crippen LogP contribution in [-0.2, 0) is 28.7 Å². The lowest BCUT2D eigenvalue weighted by Crippen LogP contribution is -2.55. The van der Waals surface area contributed by atoms with Crippen LogP contribution < -0.4 is 16.5 Å². The summed E-state index contributed by atoms with van der Waals surface area (Å²) in [4.78, 5) is 70.8. The number of hydrazine groups is 1. The molecule has 1 aliphatic rings. The highest BCUT2D eigenvalue weighted by Crippen LogP contribution is 2.20. The summed E-state index contributed by atoms with van der Waals surface area (Å²) in [6.45, 7) is 10.8. The number of amides is 4. The molecular formula is C27H47N5O9. The molecule has 1 heterocycles. The quantitative estimate of drug-likeness (QED) is 0.122. The number of rotatable bonds is 12. The van der Waals surface area contributed by atoms with Gasteiger partial charge in [0.25, 0.3) is 0 Å². The zero-order valence-corrected chi connectivity index (χ0v) is 25.1. The first-order valence-electron chi connectivity index (χ1n) is 13.6. The fourth-order valence-corrected chi connectivity index (χ4v) is 3.81. The minimum Gasteiger partial charge on any atom is -0.467 e. The Kier molecular flexibility index (Phi) is 17.1. The molecule has 4 atom stereocenters. The molecule has 1 aliphatic heterocycles. The van der Waals surface area contributed by atoms with Crippen LogP contribution in [0.1, 0.15) is 67.2 Å². The molecule has 0 radical (unpaired) electrons. The minimum atomic E-state index is -1.28. The van der Waals surface area contributed by atoms with Crippen molar-refractivity contribution in [2.75, 3.05) is 20.2 Å². The summed E-state index contributed by atoms with van der Waals surface area (Å²) in [7, 11) is 1.30. The Bertz CT molecular complexity index is 936. The average molecular weight is 586 g/mol. The van der Waals surface area contributed by atoms with Gasteiger partial charge in [-0.3, -0.25) is 24.6 Å². The molecule has 14 nitrogen and oxygen atoms in total. The second-order valence-electron chi connectivity index (χ2n) is 10.5. The monoisotopic (exact) mass is 585 g/mol. The van der Waals surface area contributed by atoms with Gasteiger partial charge in [-0.15, -0.1) is 0 Å². The lowest BCUT2D eigenvalue weighted by atomic mass is 10.0. The Hall–Kier alpha value is -3.52. The Labute approximate surface area is 241 Å². The number of nitrogens with two attached hydrogens (primary N) is 1. The van der Waals surface area contributed by atoms with Gasteiger partial charge in [0, 0.05) is 20.0 Å². The molecular weight excluding hydrogens is 538 g/mol. The maximum atomic E-state index is 12.6. The molecule has 1 fully saturated rings. The molecule has 0 aromatic heterocycles. The lowest BCUT2D eigenvalue weighted by molar-refractivity contribution is -0.147. The van der Waals surface area contributed by atoms with Crippen LogP contribution in [0.15, 0.2) is 12.2 Å². The van der Waals surface area contributed by atoms with Crippen molar-refractivity contribution < 1.29 is 43.7 Å². The standard InChI is InChI=1S/C17H31N3O4.C10H16N2O5/c1-10(2)9-12(17(23)24-5)19-15(21)13-7-6-8-20(13)16(22)14(18)11(3)4;1-7(13)9(15)5-3-4-6-12(10(16)17)11-8(2)14/h10-14H,6-9,18H2,1-5H3,(H,19,21);3,5,7,13H,4,6H2,1-2H3,(H,11,14)(H,16,17)/t12-,13-,14-;/m0./s1. The molecule has 0 saturated carbocycles. The first-order valence-corrected chi connectivity index (χ1v) is 13.6. The molecule has 14 heteroatoms. The predicted molar refractivity (Wildman–Crippen MR) is 150 cm³/mol. The van der Waals surface area contributed by atoms with Crippen molar-refractivity contribution in [2.45, 2.75) is 91.5 Å². The Morgan fingerprint density at radius 3 is 2.20 bits per heavy atom. The average Bonchev–Trinajstić information content (AvgIpc) is 3.38. The number of ketones is 1. The van der Waals surface area contributed by atoms with Gasteiger partial charge in [-0.1, -0.05) is 33.8 Å². The van der Waals surface area contributed by atoms with E-state index >= 15 is 0 Å². The summed E-state index contributed by atoms with van der Waals surface area (Å²) >= 11 is 0. The first-order chi connectivity index (χ1) is 19.0. The number of hydrogen-bond donors (Lipinski definition) is 5. The number of nitrogens with zero attached hydrogens (tertiary/aromatic N) is 2. The van der Waals surface area contributed by atoms with E-state index in [1.54, 1.807) is 4.90 Å². The summed E-state index contributed by atoms with van der Waals surface area (Å²) in [5.74, 6) is -1.70. The smallest absolute Gasteiger partial charge is 0.426 e. The number of methoxy groups -OCH3 is 1. The third-order valence-electron chi connectivity index (χ3n) is 6.09. The van der Waals surface area contributed by atoms with E-state index in [-0.39, 0.29) is 36.6 Å². The fourth-order valence-electron chi connectivity index (χ4n) is 3.81. The van der Waals surface area contributed by atoms with Crippen molar-refractivity contribution in [1.82, 2.24) is 20.7 Å². The fraction of sp³-hybridized carbons (Fsp3) is 0.704. The molecule has 1 saturated heterocycles. The predicted octanol–water partition coefficient (Wildman–Crippen LogP) is 0.578. The Morgan fingerprint density at radius 2 is 1.73 bits per heavy atom. The summed E-state index contributed by atoms with van der Waals surface area (Å²) in [5.41, 5.74) is 8.06. The Balaban J connectivity index is 0.000000831. The zero-order valence-electron chi connectivity index (χ0n) is 25.1. The number of aliphatic hydroxyl groups is 1. The largest absolute Gasteiger partial charge is 0.467 e. The number of likely N-dealkylation sites (tertiary alicyclic amines) is 1. The number of hydrogen-bond acceptors (Lipinski definition) is 9. The first kappa shape index (κ1) is 37.5. The summed E-state index contributed by atoms with van der Waals surface area (Å²) in [6.07, 6.45) is 2.34. The third kappa shape index (κ3) is 14.1. The molecule has 1 rings (SSSR count). The van der Waals surface area contributed by atoms with Crippen molar-refractivity contribution in [3.8, 4) is 0 Å². The van der Waals surface area contributed by atoms with Crippen LogP contribution in [0.3, 0.4) is 0 Å². The van der Waals surface area contributed by atoms with E-state index in [9.17, 15) is 28.8 Å². The zero-order chi connectivity index (χ0) is 31.9. The lowest BCUT2D eigenvalue weighted by Gasteiger charge is -2.29. The number of ether oxygens (including phenoxy) is 1. The summed E-state index contributed by atoms with van der Waals surface area (Å²) in [5, 5.41) is 21.0. The van der Waals surface area contributed by atoms with Gasteiger partial charge in [0.2, 0.25) is 17.7 Å². The third-order valence-corrected chi connectivity index (χ3v) is 6.09. The topological polar surface area (TPSA) is 209 Å². The van der Waals surface area contributed by atoms with E-state index in [4.69, 9.17) is 20.7 Å². The molecule has 1 unspecified atom stereocenters. The van der Waals surface area contributed by atoms with Crippen LogP contribution in [0.2, 0.25) is 0 Å². The normalized spacial score (nSPS) is 16.9. The molecule has 6 N–H and O–H groups in total. The van der Waals surface area contributed by atoms with Crippen LogP contribution in [0.25, 0.3) is 0 Å². The molecule has 0 aromatic carbocycles. The molecule has 4 amide bonds. The maximum Gasteiger partial charge on any atom is 0.426 e. The molecule has 0 aromatic rings. The van der Waals surface area contributed by atoms with Gasteiger partial charge in [0.05, 0.1) is 13.2 Å².